The zero-order chi connectivity index (χ0) is 12.0. The van der Waals surface area contributed by atoms with Crippen LogP contribution in [-0.4, -0.2) is 24.7 Å². The fraction of sp³-hybridized carbons (Fsp3) is 0.923. The van der Waals surface area contributed by atoms with Crippen molar-refractivity contribution in [3.05, 3.63) is 0 Å². The smallest absolute Gasteiger partial charge is 0.246 e. The third kappa shape index (κ3) is 4.52. The van der Waals surface area contributed by atoms with E-state index in [0.717, 1.165) is 12.8 Å². The van der Waals surface area contributed by atoms with E-state index in [-0.39, 0.29) is 18.6 Å². The van der Waals surface area contributed by atoms with Gasteiger partial charge in [-0.1, -0.05) is 26.2 Å². The molecule has 3 heteroatoms. The Hall–Kier alpha value is -0.570. The minimum atomic E-state index is 0.0408. The number of ether oxygens (including phenoxy) is 1. The first-order valence-electron chi connectivity index (χ1n) is 6.54. The van der Waals surface area contributed by atoms with E-state index in [1.54, 1.807) is 0 Å². The SMILES string of the molecule is CCC1CCCCC1NC(=O)COC(C)C. The molecule has 0 aliphatic heterocycles. The van der Waals surface area contributed by atoms with E-state index in [4.69, 9.17) is 4.74 Å². The number of carbonyl (C=O) groups excluding carboxylic acids is 1. The summed E-state index contributed by atoms with van der Waals surface area (Å²) >= 11 is 0. The standard InChI is InChI=1S/C13H25NO2/c1-4-11-7-5-6-8-12(11)14-13(15)9-16-10(2)3/h10-12H,4-9H2,1-3H3,(H,14,15). The van der Waals surface area contributed by atoms with Gasteiger partial charge < -0.3 is 10.1 Å². The van der Waals surface area contributed by atoms with Gasteiger partial charge in [0, 0.05) is 6.04 Å². The molecule has 2 atom stereocenters. The highest BCUT2D eigenvalue weighted by molar-refractivity contribution is 5.77. The van der Waals surface area contributed by atoms with E-state index in [1.165, 1.54) is 19.3 Å². The van der Waals surface area contributed by atoms with E-state index >= 15 is 0 Å². The molecular formula is C13H25NO2. The molecule has 1 rings (SSSR count). The van der Waals surface area contributed by atoms with Gasteiger partial charge in [-0.05, 0) is 32.6 Å². The van der Waals surface area contributed by atoms with Crippen LogP contribution in [0.5, 0.6) is 0 Å². The van der Waals surface area contributed by atoms with Crippen molar-refractivity contribution in [3.8, 4) is 0 Å². The fourth-order valence-electron chi connectivity index (χ4n) is 2.38. The molecule has 0 heterocycles. The number of carbonyl (C=O) groups is 1. The van der Waals surface area contributed by atoms with Crippen molar-refractivity contribution in [3.63, 3.8) is 0 Å². The molecule has 0 bridgehead atoms. The Balaban J connectivity index is 2.30. The maximum Gasteiger partial charge on any atom is 0.246 e. The van der Waals surface area contributed by atoms with Crippen LogP contribution in [0.4, 0.5) is 0 Å². The number of hydrogen-bond acceptors (Lipinski definition) is 2. The van der Waals surface area contributed by atoms with Crippen LogP contribution in [0, 0.1) is 5.92 Å². The van der Waals surface area contributed by atoms with Gasteiger partial charge in [-0.2, -0.15) is 0 Å². The largest absolute Gasteiger partial charge is 0.369 e. The van der Waals surface area contributed by atoms with Crippen molar-refractivity contribution in [1.29, 1.82) is 0 Å². The van der Waals surface area contributed by atoms with E-state index in [1.807, 2.05) is 13.8 Å². The molecule has 1 saturated carbocycles. The van der Waals surface area contributed by atoms with Crippen LogP contribution in [0.1, 0.15) is 52.9 Å². The van der Waals surface area contributed by atoms with Crippen molar-refractivity contribution in [2.75, 3.05) is 6.61 Å². The van der Waals surface area contributed by atoms with Gasteiger partial charge in [-0.15, -0.1) is 0 Å². The Morgan fingerprint density at radius 1 is 1.38 bits per heavy atom. The zero-order valence-corrected chi connectivity index (χ0v) is 10.8. The average Bonchev–Trinajstić information content (AvgIpc) is 2.27. The lowest BCUT2D eigenvalue weighted by Crippen LogP contribution is -2.43. The zero-order valence-electron chi connectivity index (χ0n) is 10.8. The fourth-order valence-corrected chi connectivity index (χ4v) is 2.38. The van der Waals surface area contributed by atoms with Crippen molar-refractivity contribution in [1.82, 2.24) is 5.32 Å². The summed E-state index contributed by atoms with van der Waals surface area (Å²) < 4.78 is 5.30. The first-order chi connectivity index (χ1) is 7.63. The lowest BCUT2D eigenvalue weighted by Gasteiger charge is -2.31. The van der Waals surface area contributed by atoms with Crippen LogP contribution >= 0.6 is 0 Å². The van der Waals surface area contributed by atoms with Gasteiger partial charge >= 0.3 is 0 Å². The van der Waals surface area contributed by atoms with Gasteiger partial charge in [-0.3, -0.25) is 4.79 Å². The Labute approximate surface area is 98.9 Å². The molecule has 0 aromatic heterocycles. The molecular weight excluding hydrogens is 202 g/mol. The Morgan fingerprint density at radius 2 is 2.06 bits per heavy atom. The third-order valence-electron chi connectivity index (χ3n) is 3.33. The van der Waals surface area contributed by atoms with Gasteiger partial charge in [0.1, 0.15) is 6.61 Å². The van der Waals surface area contributed by atoms with E-state index in [2.05, 4.69) is 12.2 Å². The second-order valence-corrected chi connectivity index (χ2v) is 4.99. The van der Waals surface area contributed by atoms with Gasteiger partial charge in [0.15, 0.2) is 0 Å². The maximum atomic E-state index is 11.6. The lowest BCUT2D eigenvalue weighted by molar-refractivity contribution is -0.128. The summed E-state index contributed by atoms with van der Waals surface area (Å²) in [5.41, 5.74) is 0. The molecule has 16 heavy (non-hydrogen) atoms. The summed E-state index contributed by atoms with van der Waals surface area (Å²) in [5.74, 6) is 0.704. The van der Waals surface area contributed by atoms with Crippen molar-refractivity contribution in [2.45, 2.75) is 65.0 Å². The average molecular weight is 227 g/mol. The summed E-state index contributed by atoms with van der Waals surface area (Å²) in [6.07, 6.45) is 6.23. The van der Waals surface area contributed by atoms with Crippen LogP contribution in [0.25, 0.3) is 0 Å². The van der Waals surface area contributed by atoms with Crippen LogP contribution in [0.3, 0.4) is 0 Å². The summed E-state index contributed by atoms with van der Waals surface area (Å²) in [4.78, 5) is 11.6. The number of hydrogen-bond donors (Lipinski definition) is 1. The minimum absolute atomic E-state index is 0.0408. The maximum absolute atomic E-state index is 11.6. The highest BCUT2D eigenvalue weighted by Gasteiger charge is 2.24. The van der Waals surface area contributed by atoms with Gasteiger partial charge in [0.25, 0.3) is 0 Å². The third-order valence-corrected chi connectivity index (χ3v) is 3.33. The van der Waals surface area contributed by atoms with E-state index in [0.29, 0.717) is 12.0 Å². The predicted molar refractivity (Wildman–Crippen MR) is 65.3 cm³/mol. The number of amides is 1. The molecule has 1 aliphatic rings. The quantitative estimate of drug-likeness (QED) is 0.783. The highest BCUT2D eigenvalue weighted by Crippen LogP contribution is 2.26. The summed E-state index contributed by atoms with van der Waals surface area (Å²) in [6, 6.07) is 0.377. The molecule has 0 spiro atoms. The van der Waals surface area contributed by atoms with Crippen LogP contribution < -0.4 is 5.32 Å². The molecule has 94 valence electrons. The first-order valence-corrected chi connectivity index (χ1v) is 6.54. The Bertz CT molecular complexity index is 216. The van der Waals surface area contributed by atoms with Crippen molar-refractivity contribution < 1.29 is 9.53 Å². The molecule has 1 N–H and O–H groups in total. The molecule has 1 aliphatic carbocycles. The van der Waals surface area contributed by atoms with Crippen molar-refractivity contribution in [2.24, 2.45) is 5.92 Å². The predicted octanol–water partition coefficient (Wildman–Crippen LogP) is 2.50. The van der Waals surface area contributed by atoms with Crippen LogP contribution in [0.2, 0.25) is 0 Å². The first kappa shape index (κ1) is 13.5. The molecule has 1 fully saturated rings. The lowest BCUT2D eigenvalue weighted by atomic mass is 9.83. The van der Waals surface area contributed by atoms with Crippen LogP contribution in [-0.2, 0) is 9.53 Å². The Morgan fingerprint density at radius 3 is 2.69 bits per heavy atom. The molecule has 2 unspecified atom stereocenters. The summed E-state index contributed by atoms with van der Waals surface area (Å²) in [7, 11) is 0. The van der Waals surface area contributed by atoms with E-state index < -0.39 is 0 Å². The van der Waals surface area contributed by atoms with E-state index in [9.17, 15) is 4.79 Å². The van der Waals surface area contributed by atoms with Crippen LogP contribution in [0.15, 0.2) is 0 Å². The second kappa shape index (κ2) is 6.89. The molecule has 0 aromatic carbocycles. The highest BCUT2D eigenvalue weighted by atomic mass is 16.5. The minimum Gasteiger partial charge on any atom is -0.369 e. The normalized spacial score (nSPS) is 25.8. The molecule has 0 aromatic rings. The van der Waals surface area contributed by atoms with Gasteiger partial charge in [0.2, 0.25) is 5.91 Å². The second-order valence-electron chi connectivity index (χ2n) is 4.99. The molecule has 0 radical (unpaired) electrons. The molecule has 1 amide bonds. The molecule has 3 nitrogen and oxygen atoms in total. The topological polar surface area (TPSA) is 38.3 Å². The van der Waals surface area contributed by atoms with Gasteiger partial charge in [-0.25, -0.2) is 0 Å². The monoisotopic (exact) mass is 227 g/mol. The summed E-state index contributed by atoms with van der Waals surface area (Å²) in [5, 5.41) is 3.11. The van der Waals surface area contributed by atoms with Gasteiger partial charge in [0.05, 0.1) is 6.10 Å². The Kier molecular flexibility index (Phi) is 5.81. The number of nitrogens with one attached hydrogen (secondary N) is 1. The molecule has 0 saturated heterocycles. The summed E-state index contributed by atoms with van der Waals surface area (Å²) in [6.45, 7) is 6.30. The number of rotatable bonds is 5. The van der Waals surface area contributed by atoms with Crippen molar-refractivity contribution >= 4 is 5.91 Å².